The molecule has 0 aliphatic heterocycles. The number of carbonyl (C=O) groups is 2. The average Bonchev–Trinajstić information content (AvgIpc) is 2.53. The Morgan fingerprint density at radius 1 is 0.950 bits per heavy atom. The lowest BCUT2D eigenvalue weighted by Gasteiger charge is -2.11. The van der Waals surface area contributed by atoms with Gasteiger partial charge in [-0.15, -0.1) is 0 Å². The topological polar surface area (TPSA) is 43.4 Å². The number of rotatable bonds is 5. The normalized spacial score (nSPS) is 11.7. The summed E-state index contributed by atoms with van der Waals surface area (Å²) < 4.78 is 5.09. The molecule has 0 aliphatic rings. The number of esters is 1. The van der Waals surface area contributed by atoms with Crippen LogP contribution in [-0.4, -0.2) is 18.4 Å². The Morgan fingerprint density at radius 2 is 1.50 bits per heavy atom. The van der Waals surface area contributed by atoms with E-state index in [0.29, 0.717) is 5.56 Å². The van der Waals surface area contributed by atoms with Gasteiger partial charge in [-0.25, -0.2) is 0 Å². The standard InChI is InChI=1S/C17H16O3/c1-13(14-8-4-2-5-9-14)17(19)20-12-16(18)15-10-6-3-7-11-15/h2-11,13H,12H2,1H3. The Balaban J connectivity index is 1.91. The van der Waals surface area contributed by atoms with E-state index in [2.05, 4.69) is 0 Å². The maximum atomic E-state index is 11.9. The number of hydrogen-bond donors (Lipinski definition) is 0. The summed E-state index contributed by atoms with van der Waals surface area (Å²) in [6.07, 6.45) is 0. The second-order valence-corrected chi connectivity index (χ2v) is 4.53. The van der Waals surface area contributed by atoms with Crippen molar-refractivity contribution < 1.29 is 14.3 Å². The second-order valence-electron chi connectivity index (χ2n) is 4.53. The van der Waals surface area contributed by atoms with Crippen LogP contribution in [0.1, 0.15) is 28.8 Å². The molecule has 3 nitrogen and oxygen atoms in total. The third-order valence-corrected chi connectivity index (χ3v) is 3.09. The monoisotopic (exact) mass is 268 g/mol. The fourth-order valence-corrected chi connectivity index (χ4v) is 1.85. The molecule has 0 aliphatic carbocycles. The van der Waals surface area contributed by atoms with Crippen molar-refractivity contribution in [3.63, 3.8) is 0 Å². The summed E-state index contributed by atoms with van der Waals surface area (Å²) >= 11 is 0. The van der Waals surface area contributed by atoms with E-state index in [4.69, 9.17) is 4.74 Å². The van der Waals surface area contributed by atoms with Gasteiger partial charge in [0.2, 0.25) is 0 Å². The number of Topliss-reactive ketones (excluding diaryl/α,β-unsaturated/α-hetero) is 1. The van der Waals surface area contributed by atoms with Crippen LogP contribution >= 0.6 is 0 Å². The largest absolute Gasteiger partial charge is 0.457 e. The highest BCUT2D eigenvalue weighted by Crippen LogP contribution is 2.16. The van der Waals surface area contributed by atoms with E-state index in [1.807, 2.05) is 36.4 Å². The second kappa shape index (κ2) is 6.66. The first-order valence-corrected chi connectivity index (χ1v) is 6.48. The number of ketones is 1. The predicted octanol–water partition coefficient (Wildman–Crippen LogP) is 3.22. The molecule has 2 aromatic carbocycles. The van der Waals surface area contributed by atoms with Crippen molar-refractivity contribution in [3.8, 4) is 0 Å². The van der Waals surface area contributed by atoms with Gasteiger partial charge >= 0.3 is 5.97 Å². The molecule has 1 atom stereocenters. The summed E-state index contributed by atoms with van der Waals surface area (Å²) in [4.78, 5) is 23.7. The lowest BCUT2D eigenvalue weighted by atomic mass is 10.0. The number of ether oxygens (including phenoxy) is 1. The first-order valence-electron chi connectivity index (χ1n) is 6.48. The van der Waals surface area contributed by atoms with Crippen molar-refractivity contribution in [2.75, 3.05) is 6.61 Å². The van der Waals surface area contributed by atoms with Crippen LogP contribution in [0.15, 0.2) is 60.7 Å². The van der Waals surface area contributed by atoms with Crippen molar-refractivity contribution in [1.29, 1.82) is 0 Å². The van der Waals surface area contributed by atoms with Gasteiger partial charge in [-0.1, -0.05) is 60.7 Å². The molecular formula is C17H16O3. The van der Waals surface area contributed by atoms with E-state index in [1.54, 1.807) is 31.2 Å². The average molecular weight is 268 g/mol. The first kappa shape index (κ1) is 14.0. The summed E-state index contributed by atoms with van der Waals surface area (Å²) in [5, 5.41) is 0. The van der Waals surface area contributed by atoms with Crippen molar-refractivity contribution in [3.05, 3.63) is 71.8 Å². The van der Waals surface area contributed by atoms with Crippen LogP contribution in [0.3, 0.4) is 0 Å². The molecule has 2 rings (SSSR count). The van der Waals surface area contributed by atoms with Gasteiger partial charge < -0.3 is 4.74 Å². The maximum Gasteiger partial charge on any atom is 0.313 e. The summed E-state index contributed by atoms with van der Waals surface area (Å²) in [6, 6.07) is 18.2. The van der Waals surface area contributed by atoms with Crippen LogP contribution in [0, 0.1) is 0 Å². The fourth-order valence-electron chi connectivity index (χ4n) is 1.85. The number of hydrogen-bond acceptors (Lipinski definition) is 3. The smallest absolute Gasteiger partial charge is 0.313 e. The molecule has 0 aromatic heterocycles. The first-order chi connectivity index (χ1) is 9.68. The number of benzene rings is 2. The Hall–Kier alpha value is -2.42. The van der Waals surface area contributed by atoms with Gasteiger partial charge in [-0.2, -0.15) is 0 Å². The molecule has 0 N–H and O–H groups in total. The summed E-state index contributed by atoms with van der Waals surface area (Å²) in [6.45, 7) is 1.55. The SMILES string of the molecule is CC(C(=O)OCC(=O)c1ccccc1)c1ccccc1. The van der Waals surface area contributed by atoms with Crippen LogP contribution in [0.5, 0.6) is 0 Å². The molecule has 0 fully saturated rings. The molecule has 20 heavy (non-hydrogen) atoms. The van der Waals surface area contributed by atoms with Gasteiger partial charge in [0, 0.05) is 5.56 Å². The highest BCUT2D eigenvalue weighted by molar-refractivity contribution is 5.98. The molecule has 0 spiro atoms. The fraction of sp³-hybridized carbons (Fsp3) is 0.176. The quantitative estimate of drug-likeness (QED) is 0.617. The third kappa shape index (κ3) is 3.54. The van der Waals surface area contributed by atoms with Gasteiger partial charge in [0.05, 0.1) is 5.92 Å². The zero-order valence-corrected chi connectivity index (χ0v) is 11.3. The van der Waals surface area contributed by atoms with Crippen molar-refractivity contribution in [2.24, 2.45) is 0 Å². The molecule has 2 aromatic rings. The minimum atomic E-state index is -0.388. The highest BCUT2D eigenvalue weighted by atomic mass is 16.5. The van der Waals surface area contributed by atoms with E-state index in [-0.39, 0.29) is 24.3 Å². The van der Waals surface area contributed by atoms with Crippen molar-refractivity contribution in [1.82, 2.24) is 0 Å². The minimum absolute atomic E-state index is 0.195. The van der Waals surface area contributed by atoms with Gasteiger partial charge in [0.1, 0.15) is 0 Å². The van der Waals surface area contributed by atoms with Crippen LogP contribution in [0.25, 0.3) is 0 Å². The molecule has 0 saturated carbocycles. The van der Waals surface area contributed by atoms with E-state index in [0.717, 1.165) is 5.56 Å². The lowest BCUT2D eigenvalue weighted by molar-refractivity contribution is -0.143. The van der Waals surface area contributed by atoms with Crippen LogP contribution in [0.4, 0.5) is 0 Å². The Bertz CT molecular complexity index is 576. The van der Waals surface area contributed by atoms with Crippen LogP contribution in [0.2, 0.25) is 0 Å². The molecule has 0 radical (unpaired) electrons. The van der Waals surface area contributed by atoms with Gasteiger partial charge in [-0.05, 0) is 12.5 Å². The van der Waals surface area contributed by atoms with Crippen molar-refractivity contribution >= 4 is 11.8 Å². The molecule has 0 saturated heterocycles. The van der Waals surface area contributed by atoms with Gasteiger partial charge in [0.25, 0.3) is 0 Å². The predicted molar refractivity (Wildman–Crippen MR) is 76.6 cm³/mol. The zero-order chi connectivity index (χ0) is 14.4. The molecule has 102 valence electrons. The van der Waals surface area contributed by atoms with Gasteiger partial charge in [0.15, 0.2) is 12.4 Å². The third-order valence-electron chi connectivity index (χ3n) is 3.09. The minimum Gasteiger partial charge on any atom is -0.457 e. The molecule has 1 unspecified atom stereocenters. The van der Waals surface area contributed by atoms with Gasteiger partial charge in [-0.3, -0.25) is 9.59 Å². The Labute approximate surface area is 118 Å². The molecule has 0 bridgehead atoms. The van der Waals surface area contributed by atoms with E-state index in [1.165, 1.54) is 0 Å². The summed E-state index contributed by atoms with van der Waals surface area (Å²) in [5.74, 6) is -0.959. The van der Waals surface area contributed by atoms with E-state index < -0.39 is 0 Å². The Morgan fingerprint density at radius 3 is 2.10 bits per heavy atom. The molecule has 3 heteroatoms. The molecule has 0 heterocycles. The van der Waals surface area contributed by atoms with E-state index >= 15 is 0 Å². The van der Waals surface area contributed by atoms with Crippen LogP contribution < -0.4 is 0 Å². The van der Waals surface area contributed by atoms with Crippen LogP contribution in [-0.2, 0) is 9.53 Å². The highest BCUT2D eigenvalue weighted by Gasteiger charge is 2.18. The Kier molecular flexibility index (Phi) is 4.66. The summed E-state index contributed by atoms with van der Waals surface area (Å²) in [5.41, 5.74) is 1.43. The van der Waals surface area contributed by atoms with E-state index in [9.17, 15) is 9.59 Å². The zero-order valence-electron chi connectivity index (χ0n) is 11.3. The number of carbonyl (C=O) groups excluding carboxylic acids is 2. The summed E-state index contributed by atoms with van der Waals surface area (Å²) in [7, 11) is 0. The molecule has 0 amide bonds. The lowest BCUT2D eigenvalue weighted by Crippen LogP contribution is -2.18. The van der Waals surface area contributed by atoms with Crippen molar-refractivity contribution in [2.45, 2.75) is 12.8 Å². The molecular weight excluding hydrogens is 252 g/mol. The maximum absolute atomic E-state index is 11.9.